The Morgan fingerprint density at radius 3 is 1.73 bits per heavy atom. The topological polar surface area (TPSA) is 127 Å². The Balaban J connectivity index is 2.18. The molecule has 0 aliphatic carbocycles. The number of hydrogen-bond donors (Lipinski definition) is 1. The molecule has 2 fully saturated rings. The van der Waals surface area contributed by atoms with Crippen molar-refractivity contribution in [2.24, 2.45) is 0 Å². The second-order valence-electron chi connectivity index (χ2n) is 7.16. The SMILES string of the molecule is CC(=O)O[C@@H]1O[C@H](C)[C@@H](O[C@@H]2O[C@H](C)[C@@H](OC(C)=O)[C@H](O)[C@H]2I)[C@H](OC(C)=O)[C@H]1I. The van der Waals surface area contributed by atoms with Gasteiger partial charge >= 0.3 is 17.9 Å². The van der Waals surface area contributed by atoms with Gasteiger partial charge in [0.15, 0.2) is 12.4 Å². The quantitative estimate of drug-likeness (QED) is 0.200. The third kappa shape index (κ3) is 6.37. The first-order chi connectivity index (χ1) is 13.9. The molecule has 2 saturated heterocycles. The highest BCUT2D eigenvalue weighted by molar-refractivity contribution is 14.1. The van der Waals surface area contributed by atoms with Crippen molar-refractivity contribution in [1.29, 1.82) is 0 Å². The van der Waals surface area contributed by atoms with E-state index in [9.17, 15) is 19.5 Å². The summed E-state index contributed by atoms with van der Waals surface area (Å²) in [5.74, 6) is -1.57. The van der Waals surface area contributed by atoms with E-state index in [1.54, 1.807) is 13.8 Å². The zero-order valence-corrected chi connectivity index (χ0v) is 21.5. The van der Waals surface area contributed by atoms with Crippen LogP contribution in [-0.4, -0.2) is 80.1 Å². The average molecular weight is 656 g/mol. The Bertz CT molecular complexity index is 646. The Hall–Kier alpha value is -0.290. The molecule has 30 heavy (non-hydrogen) atoms. The minimum Gasteiger partial charge on any atom is -0.458 e. The molecular formula is C18H26I2O10. The molecule has 0 spiro atoms. The van der Waals surface area contributed by atoms with Crippen molar-refractivity contribution in [2.75, 3.05) is 0 Å². The number of halogens is 2. The lowest BCUT2D eigenvalue weighted by atomic mass is 10.00. The van der Waals surface area contributed by atoms with Gasteiger partial charge in [-0.25, -0.2) is 0 Å². The summed E-state index contributed by atoms with van der Waals surface area (Å²) >= 11 is 3.95. The fourth-order valence-electron chi connectivity index (χ4n) is 3.34. The molecule has 0 aromatic heterocycles. The summed E-state index contributed by atoms with van der Waals surface area (Å²) in [6.07, 6.45) is -6.45. The van der Waals surface area contributed by atoms with E-state index in [-0.39, 0.29) is 0 Å². The molecule has 12 heteroatoms. The number of hydrogen-bond acceptors (Lipinski definition) is 10. The minimum atomic E-state index is -1.03. The summed E-state index contributed by atoms with van der Waals surface area (Å²) < 4.78 is 32.5. The summed E-state index contributed by atoms with van der Waals surface area (Å²) in [5, 5.41) is 10.6. The van der Waals surface area contributed by atoms with Gasteiger partial charge in [-0.15, -0.1) is 0 Å². The van der Waals surface area contributed by atoms with Gasteiger partial charge in [-0.3, -0.25) is 14.4 Å². The lowest BCUT2D eigenvalue weighted by molar-refractivity contribution is -0.302. The van der Waals surface area contributed by atoms with E-state index in [1.807, 2.05) is 45.2 Å². The van der Waals surface area contributed by atoms with Crippen LogP contribution in [0.4, 0.5) is 0 Å². The predicted octanol–water partition coefficient (Wildman–Crippen LogP) is 1.26. The molecule has 0 aromatic rings. The zero-order valence-electron chi connectivity index (χ0n) is 17.2. The molecule has 0 unspecified atom stereocenters. The molecule has 1 N–H and O–H groups in total. The van der Waals surface area contributed by atoms with Gasteiger partial charge in [-0.2, -0.15) is 0 Å². The van der Waals surface area contributed by atoms with E-state index >= 15 is 0 Å². The van der Waals surface area contributed by atoms with Gasteiger partial charge in [0.1, 0.15) is 22.2 Å². The third-order valence-corrected chi connectivity index (χ3v) is 7.24. The van der Waals surface area contributed by atoms with Gasteiger partial charge in [0, 0.05) is 20.8 Å². The number of esters is 3. The summed E-state index contributed by atoms with van der Waals surface area (Å²) in [6.45, 7) is 7.16. The largest absolute Gasteiger partial charge is 0.458 e. The Morgan fingerprint density at radius 1 is 0.733 bits per heavy atom. The van der Waals surface area contributed by atoms with Gasteiger partial charge in [0.25, 0.3) is 0 Å². The van der Waals surface area contributed by atoms with Crippen LogP contribution in [0.15, 0.2) is 0 Å². The van der Waals surface area contributed by atoms with Crippen LogP contribution in [0.3, 0.4) is 0 Å². The fourth-order valence-corrected chi connectivity index (χ4v) is 4.96. The van der Waals surface area contributed by atoms with Crippen molar-refractivity contribution >= 4 is 63.1 Å². The summed E-state index contributed by atoms with van der Waals surface area (Å²) in [5.41, 5.74) is 0. The maximum atomic E-state index is 11.7. The maximum Gasteiger partial charge on any atom is 0.304 e. The van der Waals surface area contributed by atoms with Crippen molar-refractivity contribution in [3.8, 4) is 0 Å². The molecule has 172 valence electrons. The molecule has 0 amide bonds. The van der Waals surface area contributed by atoms with E-state index in [2.05, 4.69) is 0 Å². The second kappa shape index (κ2) is 11.0. The Kier molecular flexibility index (Phi) is 9.55. The average Bonchev–Trinajstić information content (AvgIpc) is 2.62. The highest BCUT2D eigenvalue weighted by Crippen LogP contribution is 2.36. The molecule has 2 aliphatic heterocycles. The number of rotatable bonds is 5. The standard InChI is InChI=1S/C18H26I2O10/c1-6-14(27-8(3)21)13(24)11(19)17(25-6)30-15-7(2)26-18(29-10(5)23)12(20)16(15)28-9(4)22/h6-7,11-18,24H,1-5H3/t6-,7-,11-,12-,13-,14-,15-,16-,17+,18+/m1/s1. The number of carbonyl (C=O) groups is 3. The number of alkyl halides is 2. The molecule has 2 heterocycles. The number of ether oxygens (including phenoxy) is 6. The van der Waals surface area contributed by atoms with Crippen LogP contribution in [0.5, 0.6) is 0 Å². The lowest BCUT2D eigenvalue weighted by Gasteiger charge is -2.46. The molecular weight excluding hydrogens is 630 g/mol. The monoisotopic (exact) mass is 656 g/mol. The molecule has 0 bridgehead atoms. The van der Waals surface area contributed by atoms with Crippen LogP contribution in [-0.2, 0) is 42.8 Å². The normalized spacial score (nSPS) is 41.6. The molecule has 10 nitrogen and oxygen atoms in total. The van der Waals surface area contributed by atoms with Gasteiger partial charge < -0.3 is 33.5 Å². The minimum absolute atomic E-state index is 0.522. The van der Waals surface area contributed by atoms with Crippen molar-refractivity contribution in [2.45, 2.75) is 91.7 Å². The molecule has 0 saturated carbocycles. The van der Waals surface area contributed by atoms with E-state index < -0.39 is 75.0 Å². The smallest absolute Gasteiger partial charge is 0.304 e. The highest BCUT2D eigenvalue weighted by Gasteiger charge is 2.51. The molecule has 0 radical (unpaired) electrons. The van der Waals surface area contributed by atoms with Gasteiger partial charge in [0.2, 0.25) is 6.29 Å². The molecule has 0 aromatic carbocycles. The van der Waals surface area contributed by atoms with Crippen LogP contribution in [0.1, 0.15) is 34.6 Å². The molecule has 10 atom stereocenters. The van der Waals surface area contributed by atoms with E-state index in [1.165, 1.54) is 20.8 Å². The van der Waals surface area contributed by atoms with E-state index in [0.29, 0.717) is 0 Å². The first kappa shape index (κ1) is 26.0. The van der Waals surface area contributed by atoms with Crippen LogP contribution in [0, 0.1) is 0 Å². The van der Waals surface area contributed by atoms with Gasteiger partial charge in [-0.05, 0) is 13.8 Å². The summed E-state index contributed by atoms with van der Waals surface area (Å²) in [6, 6.07) is 0. The highest BCUT2D eigenvalue weighted by atomic mass is 127. The molecule has 2 aliphatic rings. The van der Waals surface area contributed by atoms with Gasteiger partial charge in [0.05, 0.1) is 16.1 Å². The maximum absolute atomic E-state index is 11.7. The zero-order chi connectivity index (χ0) is 22.7. The van der Waals surface area contributed by atoms with Crippen molar-refractivity contribution in [1.82, 2.24) is 0 Å². The van der Waals surface area contributed by atoms with Crippen LogP contribution >= 0.6 is 45.2 Å². The van der Waals surface area contributed by atoms with Crippen LogP contribution in [0.2, 0.25) is 0 Å². The van der Waals surface area contributed by atoms with Crippen LogP contribution in [0.25, 0.3) is 0 Å². The number of aliphatic hydroxyl groups is 1. The Labute approximate surface area is 201 Å². The van der Waals surface area contributed by atoms with Crippen molar-refractivity contribution < 1.29 is 47.9 Å². The first-order valence-electron chi connectivity index (χ1n) is 9.36. The molecule has 2 rings (SSSR count). The van der Waals surface area contributed by atoms with Gasteiger partial charge in [-0.1, -0.05) is 45.2 Å². The van der Waals surface area contributed by atoms with E-state index in [0.717, 1.165) is 0 Å². The van der Waals surface area contributed by atoms with Crippen LogP contribution < -0.4 is 0 Å². The summed E-state index contributed by atoms with van der Waals surface area (Å²) in [4.78, 5) is 34.4. The van der Waals surface area contributed by atoms with E-state index in [4.69, 9.17) is 28.4 Å². The first-order valence-corrected chi connectivity index (χ1v) is 11.9. The number of aliphatic hydroxyl groups excluding tert-OH is 1. The van der Waals surface area contributed by atoms with Crippen molar-refractivity contribution in [3.05, 3.63) is 0 Å². The summed E-state index contributed by atoms with van der Waals surface area (Å²) in [7, 11) is 0. The van der Waals surface area contributed by atoms with Crippen molar-refractivity contribution in [3.63, 3.8) is 0 Å². The lowest BCUT2D eigenvalue weighted by Crippen LogP contribution is -2.62. The predicted molar refractivity (Wildman–Crippen MR) is 118 cm³/mol. The fraction of sp³-hybridized carbons (Fsp3) is 0.833. The third-order valence-electron chi connectivity index (χ3n) is 4.62. The Morgan fingerprint density at radius 2 is 1.20 bits per heavy atom. The second-order valence-corrected chi connectivity index (χ2v) is 10.0. The number of carbonyl (C=O) groups excluding carboxylic acids is 3.